The van der Waals surface area contributed by atoms with Gasteiger partial charge in [-0.1, -0.05) is 0 Å². The first-order valence-electron chi connectivity index (χ1n) is 17.3. The van der Waals surface area contributed by atoms with E-state index in [4.69, 9.17) is 62.2 Å². The third-order valence-electron chi connectivity index (χ3n) is 10.4. The third kappa shape index (κ3) is 8.40. The number of nitrogens with two attached hydrogens (primary N) is 5. The zero-order valence-electron chi connectivity index (χ0n) is 28.3. The van der Waals surface area contributed by atoms with E-state index in [9.17, 15) is 45.6 Å². The summed E-state index contributed by atoms with van der Waals surface area (Å²) in [6.45, 7) is -1.02. The summed E-state index contributed by atoms with van der Waals surface area (Å²) in [6, 6.07) is -5.72. The first-order chi connectivity index (χ1) is 24.6. The molecule has 5 fully saturated rings. The van der Waals surface area contributed by atoms with Crippen LogP contribution in [0.4, 0.5) is 0 Å². The molecule has 21 N–H and O–H groups in total. The standard InChI is InChI=1S/C29H55N7O16/c30-5-10-17(40)19(42)14(33)25(47-10)51-23-12(7-38)49-27(21(23)44)52-24-16(39)9(36-28(45)29(46)4-13(29)32)3-8(31)22(24)50-26-15(34)20(43)18(41)11(48-26)6-35-1-2-37/h8-27,35,37-44,46H,1-7,30-34H2,(H,36,45)/t8-,9+,10-,11+,12+,13?,14+,15+,16-,17+,18+,19+,20+,21+,22+,23+,24+,25+,26+,27-,29?/m0/s1. The molecule has 0 aromatic rings. The lowest BCUT2D eigenvalue weighted by Gasteiger charge is -2.48. The molecule has 5 aliphatic rings. The molecule has 21 atom stereocenters. The van der Waals surface area contributed by atoms with Crippen molar-refractivity contribution in [3.05, 3.63) is 0 Å². The summed E-state index contributed by atoms with van der Waals surface area (Å²) in [5, 5.41) is 100. The molecule has 2 saturated carbocycles. The largest absolute Gasteiger partial charge is 0.395 e. The van der Waals surface area contributed by atoms with E-state index >= 15 is 0 Å². The van der Waals surface area contributed by atoms with Gasteiger partial charge in [0.25, 0.3) is 5.91 Å². The molecule has 0 aromatic heterocycles. The zero-order chi connectivity index (χ0) is 38.2. The number of amides is 1. The number of aliphatic hydroxyl groups excluding tert-OH is 8. The number of hydrogen-bond donors (Lipinski definition) is 16. The number of carbonyl (C=O) groups excluding carboxylic acids is 1. The maximum absolute atomic E-state index is 12.9. The Labute approximate surface area is 298 Å². The number of carbonyl (C=O) groups is 1. The van der Waals surface area contributed by atoms with Gasteiger partial charge in [-0.15, -0.1) is 0 Å². The Balaban J connectivity index is 1.36. The molecule has 302 valence electrons. The van der Waals surface area contributed by atoms with Gasteiger partial charge < -0.3 is 114 Å². The van der Waals surface area contributed by atoms with Crippen molar-refractivity contribution in [2.45, 2.75) is 141 Å². The van der Waals surface area contributed by atoms with Crippen molar-refractivity contribution >= 4 is 5.91 Å². The average Bonchev–Trinajstić information content (AvgIpc) is 3.64. The molecule has 0 radical (unpaired) electrons. The van der Waals surface area contributed by atoms with Crippen LogP contribution in [0.1, 0.15) is 12.8 Å². The Kier molecular flexibility index (Phi) is 13.8. The predicted octanol–water partition coefficient (Wildman–Crippen LogP) is -10.7. The summed E-state index contributed by atoms with van der Waals surface area (Å²) in [4.78, 5) is 12.9. The van der Waals surface area contributed by atoms with Gasteiger partial charge in [0.05, 0.1) is 31.3 Å². The van der Waals surface area contributed by atoms with E-state index in [0.717, 1.165) is 0 Å². The monoisotopic (exact) mass is 757 g/mol. The maximum atomic E-state index is 12.9. The predicted molar refractivity (Wildman–Crippen MR) is 171 cm³/mol. The Morgan fingerprint density at radius 1 is 0.731 bits per heavy atom. The minimum atomic E-state index is -1.86. The number of aliphatic hydroxyl groups is 9. The third-order valence-corrected chi connectivity index (χ3v) is 10.4. The normalized spacial score (nSPS) is 51.0. The second-order valence-electron chi connectivity index (χ2n) is 14.1. The van der Waals surface area contributed by atoms with E-state index in [-0.39, 0.29) is 39.1 Å². The summed E-state index contributed by atoms with van der Waals surface area (Å²) < 4.78 is 35.3. The van der Waals surface area contributed by atoms with Gasteiger partial charge >= 0.3 is 0 Å². The van der Waals surface area contributed by atoms with E-state index in [2.05, 4.69) is 10.6 Å². The van der Waals surface area contributed by atoms with E-state index in [0.29, 0.717) is 0 Å². The van der Waals surface area contributed by atoms with Gasteiger partial charge in [0.2, 0.25) is 0 Å². The fourth-order valence-electron chi connectivity index (χ4n) is 6.98. The SMILES string of the molecule is NC[C@@H]1O[C@H](O[C@H]2[C@@H](O)[C@H](O[C@@H]3[C@@H](O)[C@H](NC(=O)C4(O)CC4N)C[C@H](N)[C@H]3O[C@H]3O[C@H](CNCCO)[C@@H](O)[C@H](O)[C@H]3N)O[C@@H]2CO)[C@H](N)[C@@H](O)[C@@H]1O. The minimum absolute atomic E-state index is 0.0127. The lowest BCUT2D eigenvalue weighted by Crippen LogP contribution is -2.69. The lowest BCUT2D eigenvalue weighted by atomic mass is 9.83. The van der Waals surface area contributed by atoms with Gasteiger partial charge in [0.15, 0.2) is 24.5 Å². The molecule has 3 aliphatic heterocycles. The molecular formula is C29H55N7O16. The summed E-state index contributed by atoms with van der Waals surface area (Å²) in [5.74, 6) is -0.861. The first kappa shape index (κ1) is 41.8. The number of ether oxygens (including phenoxy) is 6. The Morgan fingerprint density at radius 3 is 1.83 bits per heavy atom. The van der Waals surface area contributed by atoms with Gasteiger partial charge in [0.1, 0.15) is 73.2 Å². The molecule has 0 bridgehead atoms. The van der Waals surface area contributed by atoms with Crippen LogP contribution in [-0.4, -0.2) is 213 Å². The second-order valence-corrected chi connectivity index (χ2v) is 14.1. The smallest absolute Gasteiger partial charge is 0.253 e. The Morgan fingerprint density at radius 2 is 1.27 bits per heavy atom. The molecule has 3 heterocycles. The van der Waals surface area contributed by atoms with Crippen molar-refractivity contribution in [2.75, 3.05) is 32.8 Å². The number of rotatable bonds is 14. The minimum Gasteiger partial charge on any atom is -0.395 e. The summed E-state index contributed by atoms with van der Waals surface area (Å²) in [7, 11) is 0. The fourth-order valence-corrected chi connectivity index (χ4v) is 6.98. The highest BCUT2D eigenvalue weighted by atomic mass is 16.8. The van der Waals surface area contributed by atoms with Gasteiger partial charge in [-0.05, 0) is 6.42 Å². The molecule has 1 amide bonds. The maximum Gasteiger partial charge on any atom is 0.253 e. The molecule has 23 heteroatoms. The number of hydrogen-bond acceptors (Lipinski definition) is 22. The fraction of sp³-hybridized carbons (Fsp3) is 0.966. The van der Waals surface area contributed by atoms with Gasteiger partial charge in [-0.25, -0.2) is 0 Å². The van der Waals surface area contributed by atoms with Gasteiger partial charge in [-0.3, -0.25) is 4.79 Å². The van der Waals surface area contributed by atoms with E-state index < -0.39 is 140 Å². The van der Waals surface area contributed by atoms with E-state index in [1.54, 1.807) is 0 Å². The van der Waals surface area contributed by atoms with Crippen LogP contribution in [0.25, 0.3) is 0 Å². The molecule has 52 heavy (non-hydrogen) atoms. The topological polar surface area (TPSA) is 409 Å². The molecule has 23 nitrogen and oxygen atoms in total. The van der Waals surface area contributed by atoms with Gasteiger partial charge in [0, 0.05) is 38.1 Å². The quantitative estimate of drug-likeness (QED) is 0.0731. The molecule has 3 saturated heterocycles. The summed E-state index contributed by atoms with van der Waals surface area (Å²) in [6.07, 6.45) is -21.9. The second kappa shape index (κ2) is 17.2. The van der Waals surface area contributed by atoms with Crippen molar-refractivity contribution in [1.29, 1.82) is 0 Å². The van der Waals surface area contributed by atoms with Crippen molar-refractivity contribution in [3.63, 3.8) is 0 Å². The lowest BCUT2D eigenvalue weighted by molar-refractivity contribution is -0.308. The molecular weight excluding hydrogens is 702 g/mol. The highest BCUT2D eigenvalue weighted by Crippen LogP contribution is 2.37. The summed E-state index contributed by atoms with van der Waals surface area (Å²) >= 11 is 0. The van der Waals surface area contributed by atoms with Crippen LogP contribution in [0.3, 0.4) is 0 Å². The molecule has 0 spiro atoms. The van der Waals surface area contributed by atoms with Crippen molar-refractivity contribution in [3.8, 4) is 0 Å². The van der Waals surface area contributed by atoms with Crippen LogP contribution in [-0.2, 0) is 33.2 Å². The molecule has 5 rings (SSSR count). The van der Waals surface area contributed by atoms with Crippen LogP contribution in [0.5, 0.6) is 0 Å². The van der Waals surface area contributed by atoms with Crippen LogP contribution in [0.15, 0.2) is 0 Å². The van der Waals surface area contributed by atoms with Crippen molar-refractivity contribution in [1.82, 2.24) is 10.6 Å². The first-order valence-corrected chi connectivity index (χ1v) is 17.3. The average molecular weight is 758 g/mol. The van der Waals surface area contributed by atoms with Crippen LogP contribution in [0, 0.1) is 0 Å². The highest BCUT2D eigenvalue weighted by molar-refractivity contribution is 5.89. The van der Waals surface area contributed by atoms with E-state index in [1.165, 1.54) is 0 Å². The van der Waals surface area contributed by atoms with Gasteiger partial charge in [-0.2, -0.15) is 0 Å². The molecule has 2 unspecified atom stereocenters. The molecule has 0 aromatic carbocycles. The number of nitrogens with one attached hydrogen (secondary N) is 2. The highest BCUT2D eigenvalue weighted by Gasteiger charge is 2.59. The molecule has 2 aliphatic carbocycles. The zero-order valence-corrected chi connectivity index (χ0v) is 28.3. The Bertz CT molecular complexity index is 1190. The van der Waals surface area contributed by atoms with Crippen LogP contribution in [0.2, 0.25) is 0 Å². The van der Waals surface area contributed by atoms with Crippen LogP contribution < -0.4 is 39.3 Å². The Hall–Kier alpha value is -1.37. The summed E-state index contributed by atoms with van der Waals surface area (Å²) in [5.41, 5.74) is 28.2. The van der Waals surface area contributed by atoms with Crippen LogP contribution >= 0.6 is 0 Å². The van der Waals surface area contributed by atoms with Crippen molar-refractivity contribution < 1.29 is 79.2 Å². The van der Waals surface area contributed by atoms with E-state index in [1.807, 2.05) is 0 Å². The van der Waals surface area contributed by atoms with Crippen molar-refractivity contribution in [2.24, 2.45) is 28.7 Å².